The zero-order valence-corrected chi connectivity index (χ0v) is 29.6. The number of fused-ring (bicyclic) bond motifs is 1. The normalized spacial score (nSPS) is 21.7. The van der Waals surface area contributed by atoms with E-state index in [0.29, 0.717) is 12.5 Å². The SMILES string of the molecule is COc1cccc(CCc2ccccc2OC[C@@H](CN(C)C)OC(=O)CCC(=O)N2CC[C@@]34CCCC[C@@H]3[C@@H]2Cc2ccc(OC)cc24)c1. The van der Waals surface area contributed by atoms with Gasteiger partial charge < -0.3 is 28.7 Å². The van der Waals surface area contributed by atoms with Crippen LogP contribution in [0.15, 0.2) is 66.7 Å². The molecule has 2 fully saturated rings. The van der Waals surface area contributed by atoms with Crippen molar-refractivity contribution >= 4 is 11.9 Å². The van der Waals surface area contributed by atoms with E-state index in [1.54, 1.807) is 14.2 Å². The molecule has 0 radical (unpaired) electrons. The van der Waals surface area contributed by atoms with Crippen LogP contribution in [0, 0.1) is 5.92 Å². The Hall–Kier alpha value is -4.04. The van der Waals surface area contributed by atoms with Crippen LogP contribution in [-0.4, -0.2) is 81.8 Å². The van der Waals surface area contributed by atoms with Crippen molar-refractivity contribution in [1.82, 2.24) is 9.80 Å². The standard InChI is InChI=1S/C41H52N2O6/c1-42(2)27-34(28-48-38-14-6-5-11-30(38)16-15-29-10-9-12-32(24-29)46-3)49-40(45)20-19-39(44)43-23-22-41-21-8-7-13-35(41)37(43)25-31-17-18-33(47-4)26-36(31)41/h5-6,9-12,14,17-18,24,26,34-35,37H,7-8,13,15-16,19-23,25,27-28H2,1-4H3/t34-,35-,37+,41+/m1/s1. The van der Waals surface area contributed by atoms with Gasteiger partial charge in [0, 0.05) is 31.0 Å². The van der Waals surface area contributed by atoms with Crippen LogP contribution in [0.5, 0.6) is 17.2 Å². The highest BCUT2D eigenvalue weighted by atomic mass is 16.6. The fourth-order valence-electron chi connectivity index (χ4n) is 8.69. The lowest BCUT2D eigenvalue weighted by molar-refractivity contribution is -0.154. The van der Waals surface area contributed by atoms with E-state index in [-0.39, 0.29) is 42.8 Å². The number of aryl methyl sites for hydroxylation is 2. The van der Waals surface area contributed by atoms with Gasteiger partial charge in [0.1, 0.15) is 30.0 Å². The molecule has 1 amide bonds. The van der Waals surface area contributed by atoms with Crippen LogP contribution in [-0.2, 0) is 39.0 Å². The number of methoxy groups -OCH3 is 2. The molecule has 2 aliphatic carbocycles. The van der Waals surface area contributed by atoms with Crippen LogP contribution < -0.4 is 14.2 Å². The number of carbonyl (C=O) groups excluding carboxylic acids is 2. The first kappa shape index (κ1) is 34.8. The first-order valence-corrected chi connectivity index (χ1v) is 17.9. The summed E-state index contributed by atoms with van der Waals surface area (Å²) in [6, 6.07) is 22.8. The predicted molar refractivity (Wildman–Crippen MR) is 190 cm³/mol. The molecule has 8 heteroatoms. The number of esters is 1. The summed E-state index contributed by atoms with van der Waals surface area (Å²) in [4.78, 5) is 31.0. The smallest absolute Gasteiger partial charge is 0.306 e. The number of amides is 1. The van der Waals surface area contributed by atoms with Gasteiger partial charge in [-0.1, -0.05) is 49.2 Å². The monoisotopic (exact) mass is 668 g/mol. The zero-order valence-electron chi connectivity index (χ0n) is 29.6. The average molecular weight is 669 g/mol. The summed E-state index contributed by atoms with van der Waals surface area (Å²) in [7, 11) is 7.31. The Balaban J connectivity index is 1.05. The maximum atomic E-state index is 13.8. The molecule has 0 N–H and O–H groups in total. The molecule has 3 aliphatic rings. The van der Waals surface area contributed by atoms with Crippen molar-refractivity contribution < 1.29 is 28.5 Å². The number of likely N-dealkylation sites (tertiary alicyclic amines) is 1. The molecule has 8 nitrogen and oxygen atoms in total. The van der Waals surface area contributed by atoms with Crippen molar-refractivity contribution in [3.8, 4) is 17.2 Å². The van der Waals surface area contributed by atoms with Gasteiger partial charge in [-0.3, -0.25) is 9.59 Å². The third-order valence-corrected chi connectivity index (χ3v) is 11.0. The van der Waals surface area contributed by atoms with Crippen molar-refractivity contribution in [2.75, 3.05) is 48.0 Å². The number of carbonyl (C=O) groups is 2. The lowest BCUT2D eigenvalue weighted by Gasteiger charge is -2.59. The minimum Gasteiger partial charge on any atom is -0.497 e. The Bertz CT molecular complexity index is 1610. The number of hydrogen-bond acceptors (Lipinski definition) is 7. The number of ether oxygens (including phenoxy) is 4. The number of hydrogen-bond donors (Lipinski definition) is 0. The first-order valence-electron chi connectivity index (χ1n) is 17.9. The number of nitrogens with zero attached hydrogens (tertiary/aromatic N) is 2. The van der Waals surface area contributed by atoms with Crippen LogP contribution in [0.2, 0.25) is 0 Å². The summed E-state index contributed by atoms with van der Waals surface area (Å²) >= 11 is 0. The molecule has 6 rings (SSSR count). The Morgan fingerprint density at radius 1 is 0.918 bits per heavy atom. The summed E-state index contributed by atoms with van der Waals surface area (Å²) in [5.41, 5.74) is 5.19. The molecule has 4 atom stereocenters. The van der Waals surface area contributed by atoms with E-state index in [0.717, 1.165) is 61.5 Å². The second kappa shape index (κ2) is 15.7. The molecule has 1 saturated heterocycles. The quantitative estimate of drug-likeness (QED) is 0.184. The van der Waals surface area contributed by atoms with Crippen LogP contribution >= 0.6 is 0 Å². The van der Waals surface area contributed by atoms with E-state index < -0.39 is 6.10 Å². The third-order valence-electron chi connectivity index (χ3n) is 11.0. The lowest BCUT2D eigenvalue weighted by atomic mass is 9.52. The van der Waals surface area contributed by atoms with Crippen LogP contribution in [0.25, 0.3) is 0 Å². The Labute approximate surface area is 291 Å². The summed E-state index contributed by atoms with van der Waals surface area (Å²) in [6.45, 7) is 1.49. The Kier molecular flexibility index (Phi) is 11.1. The zero-order chi connectivity index (χ0) is 34.4. The second-order valence-corrected chi connectivity index (χ2v) is 14.3. The summed E-state index contributed by atoms with van der Waals surface area (Å²) < 4.78 is 23.2. The molecule has 3 aromatic rings. The van der Waals surface area contributed by atoms with E-state index in [2.05, 4.69) is 35.2 Å². The fourth-order valence-corrected chi connectivity index (χ4v) is 8.69. The lowest BCUT2D eigenvalue weighted by Crippen LogP contribution is -2.62. The topological polar surface area (TPSA) is 77.5 Å². The highest BCUT2D eigenvalue weighted by Gasteiger charge is 2.54. The predicted octanol–water partition coefficient (Wildman–Crippen LogP) is 6.41. The van der Waals surface area contributed by atoms with Gasteiger partial charge in [-0.05, 0) is 111 Å². The van der Waals surface area contributed by atoms with Gasteiger partial charge in [-0.2, -0.15) is 0 Å². The summed E-state index contributed by atoms with van der Waals surface area (Å²) in [5.74, 6) is 2.70. The van der Waals surface area contributed by atoms with Crippen molar-refractivity contribution in [2.24, 2.45) is 5.92 Å². The molecular formula is C41H52N2O6. The molecule has 0 aromatic heterocycles. The van der Waals surface area contributed by atoms with E-state index in [4.69, 9.17) is 18.9 Å². The van der Waals surface area contributed by atoms with Crippen LogP contribution in [0.4, 0.5) is 0 Å². The number of para-hydroxylation sites is 1. The van der Waals surface area contributed by atoms with Gasteiger partial charge in [-0.25, -0.2) is 0 Å². The molecule has 0 spiro atoms. The van der Waals surface area contributed by atoms with Crippen LogP contribution in [0.1, 0.15) is 67.2 Å². The molecule has 2 bridgehead atoms. The second-order valence-electron chi connectivity index (χ2n) is 14.3. The van der Waals surface area contributed by atoms with Gasteiger partial charge in [0.05, 0.1) is 20.6 Å². The average Bonchev–Trinajstić information content (AvgIpc) is 3.12. The Morgan fingerprint density at radius 3 is 2.55 bits per heavy atom. The number of likely N-dealkylation sites (N-methyl/N-ethyl adjacent to an activating group) is 1. The van der Waals surface area contributed by atoms with E-state index in [1.165, 1.54) is 36.0 Å². The van der Waals surface area contributed by atoms with Crippen molar-refractivity contribution in [3.63, 3.8) is 0 Å². The highest BCUT2D eigenvalue weighted by Crippen LogP contribution is 2.56. The number of piperidine rings is 1. The number of rotatable bonds is 14. The van der Waals surface area contributed by atoms with Crippen LogP contribution in [0.3, 0.4) is 0 Å². The summed E-state index contributed by atoms with van der Waals surface area (Å²) in [6.07, 6.45) is 8.00. The van der Waals surface area contributed by atoms with Gasteiger partial charge in [0.2, 0.25) is 5.91 Å². The van der Waals surface area contributed by atoms with E-state index in [9.17, 15) is 9.59 Å². The maximum absolute atomic E-state index is 13.8. The molecule has 0 unspecified atom stereocenters. The van der Waals surface area contributed by atoms with Crippen molar-refractivity contribution in [1.29, 1.82) is 0 Å². The molecule has 3 aromatic carbocycles. The van der Waals surface area contributed by atoms with E-state index >= 15 is 0 Å². The van der Waals surface area contributed by atoms with Gasteiger partial charge in [-0.15, -0.1) is 0 Å². The maximum Gasteiger partial charge on any atom is 0.306 e. The largest absolute Gasteiger partial charge is 0.497 e. The first-order chi connectivity index (χ1) is 23.8. The summed E-state index contributed by atoms with van der Waals surface area (Å²) in [5, 5.41) is 0. The van der Waals surface area contributed by atoms with Crippen molar-refractivity contribution in [2.45, 2.75) is 81.8 Å². The highest BCUT2D eigenvalue weighted by molar-refractivity contribution is 5.82. The Morgan fingerprint density at radius 2 is 1.73 bits per heavy atom. The molecule has 1 saturated carbocycles. The van der Waals surface area contributed by atoms with Crippen molar-refractivity contribution in [3.05, 3.63) is 89.0 Å². The van der Waals surface area contributed by atoms with Gasteiger partial charge in [0.15, 0.2) is 0 Å². The molecule has 1 heterocycles. The molecule has 1 aliphatic heterocycles. The van der Waals surface area contributed by atoms with Gasteiger partial charge >= 0.3 is 5.97 Å². The third kappa shape index (κ3) is 7.90. The minimum atomic E-state index is -0.464. The minimum absolute atomic E-state index is 0.0588. The molecule has 262 valence electrons. The molecular weight excluding hydrogens is 616 g/mol. The van der Waals surface area contributed by atoms with E-state index in [1.807, 2.05) is 55.4 Å². The van der Waals surface area contributed by atoms with Gasteiger partial charge in [0.25, 0.3) is 0 Å². The molecule has 49 heavy (non-hydrogen) atoms. The number of benzene rings is 3. The fraction of sp³-hybridized carbons (Fsp3) is 0.512.